The van der Waals surface area contributed by atoms with E-state index in [1.54, 1.807) is 56.8 Å². The minimum absolute atomic E-state index is 0.154. The predicted octanol–water partition coefficient (Wildman–Crippen LogP) is 3.26. The van der Waals surface area contributed by atoms with Gasteiger partial charge in [0, 0.05) is 36.2 Å². The number of para-hydroxylation sites is 1. The van der Waals surface area contributed by atoms with E-state index in [0.29, 0.717) is 35.0 Å². The van der Waals surface area contributed by atoms with Crippen LogP contribution in [0.2, 0.25) is 0 Å². The molecule has 3 N–H and O–H groups in total. The fraction of sp³-hybridized carbons (Fsp3) is 0.143. The second-order valence-corrected chi connectivity index (χ2v) is 5.98. The summed E-state index contributed by atoms with van der Waals surface area (Å²) in [5.41, 5.74) is 2.53. The van der Waals surface area contributed by atoms with Crippen LogP contribution in [0.1, 0.15) is 15.9 Å². The van der Waals surface area contributed by atoms with Gasteiger partial charge in [-0.3, -0.25) is 9.59 Å². The highest BCUT2D eigenvalue weighted by atomic mass is 16.5. The highest BCUT2D eigenvalue weighted by Crippen LogP contribution is 2.30. The van der Waals surface area contributed by atoms with E-state index in [2.05, 4.69) is 15.6 Å². The van der Waals surface area contributed by atoms with E-state index in [4.69, 9.17) is 9.47 Å². The first-order valence-electron chi connectivity index (χ1n) is 8.64. The third-order valence-corrected chi connectivity index (χ3v) is 4.14. The molecule has 0 radical (unpaired) electrons. The van der Waals surface area contributed by atoms with E-state index >= 15 is 0 Å². The van der Waals surface area contributed by atoms with Crippen molar-refractivity contribution in [3.8, 4) is 11.5 Å². The summed E-state index contributed by atoms with van der Waals surface area (Å²) < 4.78 is 10.5. The van der Waals surface area contributed by atoms with Crippen LogP contribution in [0.4, 0.5) is 11.4 Å². The van der Waals surface area contributed by atoms with Crippen LogP contribution in [0.5, 0.6) is 11.5 Å². The zero-order valence-corrected chi connectivity index (χ0v) is 15.6. The van der Waals surface area contributed by atoms with Gasteiger partial charge in [-0.1, -0.05) is 18.2 Å². The Bertz CT molecular complexity index is 1010. The topological polar surface area (TPSA) is 92.5 Å². The summed E-state index contributed by atoms with van der Waals surface area (Å²) in [4.78, 5) is 26.6. The molecular weight excluding hydrogens is 358 g/mol. The average molecular weight is 379 g/mol. The van der Waals surface area contributed by atoms with Crippen molar-refractivity contribution >= 4 is 17.3 Å². The van der Waals surface area contributed by atoms with Crippen LogP contribution in [0, 0.1) is 0 Å². The van der Waals surface area contributed by atoms with Crippen LogP contribution in [0.3, 0.4) is 0 Å². The number of carbonyl (C=O) groups is 1. The molecule has 0 unspecified atom stereocenters. The minimum atomic E-state index is -0.253. The fourth-order valence-corrected chi connectivity index (χ4v) is 2.70. The molecule has 1 heterocycles. The molecule has 0 saturated carbocycles. The van der Waals surface area contributed by atoms with Crippen molar-refractivity contribution in [1.82, 2.24) is 4.98 Å². The Morgan fingerprint density at radius 1 is 1.00 bits per heavy atom. The number of carbonyl (C=O) groups excluding carboxylic acids is 1. The summed E-state index contributed by atoms with van der Waals surface area (Å²) in [5.74, 6) is 0.866. The predicted molar refractivity (Wildman–Crippen MR) is 108 cm³/mol. The number of benzene rings is 2. The van der Waals surface area contributed by atoms with Crippen LogP contribution in [-0.4, -0.2) is 25.1 Å². The molecule has 3 rings (SSSR count). The molecule has 3 aromatic rings. The number of nitrogens with one attached hydrogen (secondary N) is 3. The smallest absolute Gasteiger partial charge is 0.257 e. The van der Waals surface area contributed by atoms with Crippen molar-refractivity contribution in [2.24, 2.45) is 0 Å². The van der Waals surface area contributed by atoms with Gasteiger partial charge in [0.15, 0.2) is 11.5 Å². The van der Waals surface area contributed by atoms with Gasteiger partial charge in [-0.2, -0.15) is 0 Å². The van der Waals surface area contributed by atoms with Gasteiger partial charge < -0.3 is 25.1 Å². The highest BCUT2D eigenvalue weighted by Gasteiger charge is 2.13. The lowest BCUT2D eigenvalue weighted by Gasteiger charge is -2.13. The number of ether oxygens (including phenoxy) is 2. The van der Waals surface area contributed by atoms with Crippen molar-refractivity contribution < 1.29 is 14.3 Å². The molecule has 0 fully saturated rings. The van der Waals surface area contributed by atoms with Gasteiger partial charge >= 0.3 is 0 Å². The SMILES string of the molecule is COc1ccc(NC(=O)c2ccccc2NCc2ccc(=O)[nH]c2)cc1OC. The molecule has 0 aliphatic heterocycles. The van der Waals surface area contributed by atoms with Crippen LogP contribution >= 0.6 is 0 Å². The summed E-state index contributed by atoms with van der Waals surface area (Å²) in [6.45, 7) is 0.470. The Hall–Kier alpha value is -3.74. The molecule has 0 atom stereocenters. The number of hydrogen-bond acceptors (Lipinski definition) is 5. The zero-order valence-electron chi connectivity index (χ0n) is 15.6. The molecule has 0 bridgehead atoms. The van der Waals surface area contributed by atoms with Gasteiger partial charge in [0.05, 0.1) is 19.8 Å². The second-order valence-electron chi connectivity index (χ2n) is 5.98. The maximum absolute atomic E-state index is 12.8. The van der Waals surface area contributed by atoms with Crippen molar-refractivity contribution in [1.29, 1.82) is 0 Å². The second kappa shape index (κ2) is 8.77. The van der Waals surface area contributed by atoms with Gasteiger partial charge in [0.2, 0.25) is 5.56 Å². The van der Waals surface area contributed by atoms with Gasteiger partial charge in [-0.25, -0.2) is 0 Å². The Morgan fingerprint density at radius 2 is 1.79 bits per heavy atom. The minimum Gasteiger partial charge on any atom is -0.493 e. The molecule has 2 aromatic carbocycles. The molecule has 28 heavy (non-hydrogen) atoms. The van der Waals surface area contributed by atoms with E-state index in [0.717, 1.165) is 5.56 Å². The normalized spacial score (nSPS) is 10.2. The Kier molecular flexibility index (Phi) is 5.96. The van der Waals surface area contributed by atoms with Crippen LogP contribution in [-0.2, 0) is 6.54 Å². The quantitative estimate of drug-likeness (QED) is 0.586. The molecule has 0 aliphatic carbocycles. The lowest BCUT2D eigenvalue weighted by atomic mass is 10.1. The number of pyridine rings is 1. The molecule has 7 nitrogen and oxygen atoms in total. The van der Waals surface area contributed by atoms with E-state index < -0.39 is 0 Å². The van der Waals surface area contributed by atoms with E-state index in [9.17, 15) is 9.59 Å². The maximum Gasteiger partial charge on any atom is 0.257 e. The summed E-state index contributed by atoms with van der Waals surface area (Å²) in [6.07, 6.45) is 1.64. The van der Waals surface area contributed by atoms with Gasteiger partial charge in [0.1, 0.15) is 0 Å². The summed E-state index contributed by atoms with van der Waals surface area (Å²) in [6, 6.07) is 15.6. The number of amides is 1. The number of aromatic amines is 1. The Balaban J connectivity index is 1.75. The number of aromatic nitrogens is 1. The Labute approximate surface area is 162 Å². The maximum atomic E-state index is 12.8. The first-order chi connectivity index (χ1) is 13.6. The lowest BCUT2D eigenvalue weighted by Crippen LogP contribution is -2.15. The molecule has 144 valence electrons. The zero-order chi connectivity index (χ0) is 19.9. The fourth-order valence-electron chi connectivity index (χ4n) is 2.70. The van der Waals surface area contributed by atoms with Crippen molar-refractivity contribution in [3.05, 3.63) is 82.3 Å². The molecule has 7 heteroatoms. The largest absolute Gasteiger partial charge is 0.493 e. The average Bonchev–Trinajstić information content (AvgIpc) is 2.73. The van der Waals surface area contributed by atoms with E-state index in [1.165, 1.54) is 6.07 Å². The van der Waals surface area contributed by atoms with Gasteiger partial charge in [-0.15, -0.1) is 0 Å². The van der Waals surface area contributed by atoms with E-state index in [-0.39, 0.29) is 11.5 Å². The summed E-state index contributed by atoms with van der Waals surface area (Å²) in [7, 11) is 3.10. The lowest BCUT2D eigenvalue weighted by molar-refractivity contribution is 0.102. The molecule has 0 saturated heterocycles. The molecular formula is C21H21N3O4. The first kappa shape index (κ1) is 19.0. The Morgan fingerprint density at radius 3 is 2.50 bits per heavy atom. The van der Waals surface area contributed by atoms with Crippen molar-refractivity contribution in [2.75, 3.05) is 24.9 Å². The van der Waals surface area contributed by atoms with Crippen LogP contribution in [0.25, 0.3) is 0 Å². The van der Waals surface area contributed by atoms with Gasteiger partial charge in [-0.05, 0) is 29.8 Å². The number of hydrogen-bond donors (Lipinski definition) is 3. The number of methoxy groups -OCH3 is 2. The molecule has 1 amide bonds. The summed E-state index contributed by atoms with van der Waals surface area (Å²) >= 11 is 0. The molecule has 1 aromatic heterocycles. The third kappa shape index (κ3) is 4.50. The summed E-state index contributed by atoms with van der Waals surface area (Å²) in [5, 5.41) is 6.10. The number of rotatable bonds is 7. The van der Waals surface area contributed by atoms with Crippen molar-refractivity contribution in [3.63, 3.8) is 0 Å². The number of H-pyrrole nitrogens is 1. The number of anilines is 2. The third-order valence-electron chi connectivity index (χ3n) is 4.14. The monoisotopic (exact) mass is 379 g/mol. The van der Waals surface area contributed by atoms with Crippen LogP contribution in [0.15, 0.2) is 65.6 Å². The van der Waals surface area contributed by atoms with E-state index in [1.807, 2.05) is 12.1 Å². The first-order valence-corrected chi connectivity index (χ1v) is 8.64. The molecule has 0 spiro atoms. The van der Waals surface area contributed by atoms with Crippen LogP contribution < -0.4 is 25.7 Å². The molecule has 0 aliphatic rings. The highest BCUT2D eigenvalue weighted by molar-refractivity contribution is 6.08. The van der Waals surface area contributed by atoms with Crippen molar-refractivity contribution in [2.45, 2.75) is 6.54 Å². The standard InChI is InChI=1S/C21H21N3O4/c1-27-18-9-8-15(11-19(18)28-2)24-21(26)16-5-3-4-6-17(16)22-12-14-7-10-20(25)23-13-14/h3-11,13,22H,12H2,1-2H3,(H,23,25)(H,24,26). The van der Waals surface area contributed by atoms with Gasteiger partial charge in [0.25, 0.3) is 5.91 Å².